The maximum atomic E-state index is 5.69. The molecule has 0 unspecified atom stereocenters. The fourth-order valence-electron chi connectivity index (χ4n) is 2.55. The van der Waals surface area contributed by atoms with Gasteiger partial charge in [0.25, 0.3) is 0 Å². The number of allylic oxidation sites excluding steroid dienone is 2. The molecule has 0 aromatic rings. The van der Waals surface area contributed by atoms with Gasteiger partial charge in [-0.3, -0.25) is 0 Å². The number of nitrogens with zero attached hydrogens (tertiary/aromatic N) is 3. The summed E-state index contributed by atoms with van der Waals surface area (Å²) in [6, 6.07) is 0. The van der Waals surface area contributed by atoms with E-state index < -0.39 is 7.49 Å². The highest BCUT2D eigenvalue weighted by molar-refractivity contribution is 7.64. The Morgan fingerprint density at radius 3 is 1.75 bits per heavy atom. The molecule has 0 aliphatic carbocycles. The first-order chi connectivity index (χ1) is 11.7. The Morgan fingerprint density at radius 1 is 0.875 bits per heavy atom. The minimum atomic E-state index is -2.33. The number of guanidine groups is 1. The summed E-state index contributed by atoms with van der Waals surface area (Å²) in [4.78, 5) is 4.62. The van der Waals surface area contributed by atoms with E-state index in [0.717, 1.165) is 51.4 Å². The van der Waals surface area contributed by atoms with E-state index in [1.807, 2.05) is 0 Å². The standard InChI is InChI=1S/C18H34N3O2P/c1-6-9-11-13-20-15-16-21(14-12-10-7-2)18(20)19-24(22-4,23-5)17-8-3/h9-12,17H,6-8,13-16H2,1-5H3/b11-9-,12-10-. The second kappa shape index (κ2) is 11.5. The molecule has 1 aliphatic rings. The second-order valence-electron chi connectivity index (χ2n) is 5.57. The van der Waals surface area contributed by atoms with Crippen molar-refractivity contribution in [2.24, 2.45) is 4.76 Å². The summed E-state index contributed by atoms with van der Waals surface area (Å²) in [5.74, 6) is 3.05. The fraction of sp³-hybridized carbons (Fsp3) is 0.667. The van der Waals surface area contributed by atoms with Gasteiger partial charge in [-0.25, -0.2) is 0 Å². The van der Waals surface area contributed by atoms with Gasteiger partial charge < -0.3 is 18.8 Å². The molecule has 0 spiro atoms. The monoisotopic (exact) mass is 355 g/mol. The molecule has 0 amide bonds. The predicted octanol–water partition coefficient (Wildman–Crippen LogP) is 4.16. The van der Waals surface area contributed by atoms with Crippen molar-refractivity contribution in [3.63, 3.8) is 0 Å². The molecule has 1 fully saturated rings. The Bertz CT molecular complexity index is 466. The summed E-state index contributed by atoms with van der Waals surface area (Å²) in [5, 5.41) is 0. The van der Waals surface area contributed by atoms with E-state index in [2.05, 4.69) is 60.7 Å². The minimum absolute atomic E-state index is 0.873. The van der Waals surface area contributed by atoms with Crippen LogP contribution in [0.15, 0.2) is 29.1 Å². The molecule has 0 aromatic carbocycles. The van der Waals surface area contributed by atoms with Crippen LogP contribution in [0.1, 0.15) is 40.0 Å². The van der Waals surface area contributed by atoms with Crippen LogP contribution in [0.3, 0.4) is 0 Å². The molecule has 1 saturated heterocycles. The van der Waals surface area contributed by atoms with Crippen molar-refractivity contribution < 1.29 is 9.05 Å². The van der Waals surface area contributed by atoms with Gasteiger partial charge in [0, 0.05) is 40.4 Å². The molecule has 0 bridgehead atoms. The van der Waals surface area contributed by atoms with Crippen molar-refractivity contribution in [2.75, 3.05) is 40.4 Å². The van der Waals surface area contributed by atoms with Crippen LogP contribution in [0.4, 0.5) is 0 Å². The van der Waals surface area contributed by atoms with Crippen LogP contribution in [-0.4, -0.2) is 62.0 Å². The molecule has 0 aromatic heterocycles. The molecule has 6 heteroatoms. The number of rotatable bonds is 10. The van der Waals surface area contributed by atoms with E-state index >= 15 is 0 Å². The van der Waals surface area contributed by atoms with Crippen molar-refractivity contribution in [3.05, 3.63) is 24.3 Å². The lowest BCUT2D eigenvalue weighted by Crippen LogP contribution is -2.34. The summed E-state index contributed by atoms with van der Waals surface area (Å²) in [6.45, 7) is 10.1. The van der Waals surface area contributed by atoms with Crippen LogP contribution in [0.5, 0.6) is 0 Å². The molecular formula is C18H34N3O2P. The summed E-state index contributed by atoms with van der Waals surface area (Å²) >= 11 is 0. The Kier molecular flexibility index (Phi) is 10.1. The van der Waals surface area contributed by atoms with Crippen LogP contribution < -0.4 is 0 Å². The van der Waals surface area contributed by atoms with Crippen LogP contribution in [0, 0.1) is 0 Å². The average Bonchev–Trinajstić information content (AvgIpc) is 2.96. The predicted molar refractivity (Wildman–Crippen MR) is 107 cm³/mol. The molecule has 5 nitrogen and oxygen atoms in total. The quantitative estimate of drug-likeness (QED) is 0.436. The normalized spacial score (nSPS) is 16.0. The van der Waals surface area contributed by atoms with Crippen molar-refractivity contribution in [1.29, 1.82) is 0 Å². The Labute approximate surface area is 148 Å². The molecular weight excluding hydrogens is 321 g/mol. The van der Waals surface area contributed by atoms with E-state index in [4.69, 9.17) is 13.8 Å². The largest absolute Gasteiger partial charge is 0.337 e. The molecule has 0 atom stereocenters. The topological polar surface area (TPSA) is 37.3 Å². The molecule has 1 aliphatic heterocycles. The van der Waals surface area contributed by atoms with E-state index in [1.165, 1.54) is 0 Å². The third-order valence-corrected chi connectivity index (χ3v) is 6.16. The first-order valence-corrected chi connectivity index (χ1v) is 10.6. The summed E-state index contributed by atoms with van der Waals surface area (Å²) < 4.78 is 16.4. The maximum absolute atomic E-state index is 5.69. The van der Waals surface area contributed by atoms with E-state index in [1.54, 1.807) is 14.2 Å². The summed E-state index contributed by atoms with van der Waals surface area (Å²) in [5.41, 5.74) is 0. The third kappa shape index (κ3) is 6.12. The lowest BCUT2D eigenvalue weighted by Gasteiger charge is -2.25. The minimum Gasteiger partial charge on any atom is -0.337 e. The van der Waals surface area contributed by atoms with Gasteiger partial charge in [-0.15, -0.1) is 0 Å². The Balaban J connectivity index is 3.11. The van der Waals surface area contributed by atoms with Crippen molar-refractivity contribution in [1.82, 2.24) is 9.80 Å². The highest BCUT2D eigenvalue weighted by atomic mass is 31.2. The zero-order valence-corrected chi connectivity index (χ0v) is 16.8. The molecule has 0 saturated carbocycles. The molecule has 1 heterocycles. The van der Waals surface area contributed by atoms with Crippen molar-refractivity contribution >= 4 is 19.2 Å². The maximum Gasteiger partial charge on any atom is 0.239 e. The number of hydrogen-bond acceptors (Lipinski definition) is 3. The van der Waals surface area contributed by atoms with Gasteiger partial charge in [-0.05, 0) is 25.1 Å². The van der Waals surface area contributed by atoms with Crippen LogP contribution in [0.2, 0.25) is 0 Å². The van der Waals surface area contributed by atoms with Gasteiger partial charge in [0.15, 0.2) is 0 Å². The first-order valence-electron chi connectivity index (χ1n) is 8.90. The van der Waals surface area contributed by atoms with Gasteiger partial charge in [0.05, 0.1) is 0 Å². The van der Waals surface area contributed by atoms with Gasteiger partial charge in [-0.2, -0.15) is 4.76 Å². The highest BCUT2D eigenvalue weighted by Gasteiger charge is 2.28. The molecule has 0 N–H and O–H groups in total. The summed E-state index contributed by atoms with van der Waals surface area (Å²) in [7, 11) is 1.04. The SMILES string of the molecule is CCC=P(N=C1N(C/C=C\CC)CCN1C/C=C\CC)(OC)OC. The zero-order valence-electron chi connectivity index (χ0n) is 15.9. The van der Waals surface area contributed by atoms with Gasteiger partial charge >= 0.3 is 0 Å². The summed E-state index contributed by atoms with van der Waals surface area (Å²) in [6.07, 6.45) is 11.8. The van der Waals surface area contributed by atoms with Gasteiger partial charge in [-0.1, -0.05) is 45.1 Å². The van der Waals surface area contributed by atoms with Crippen LogP contribution in [0.25, 0.3) is 0 Å². The smallest absolute Gasteiger partial charge is 0.239 e. The lowest BCUT2D eigenvalue weighted by atomic mass is 10.4. The average molecular weight is 355 g/mol. The first kappa shape index (κ1) is 21.0. The van der Waals surface area contributed by atoms with Crippen LogP contribution in [-0.2, 0) is 9.05 Å². The second-order valence-corrected chi connectivity index (χ2v) is 8.00. The number of hydrogen-bond donors (Lipinski definition) is 0. The van der Waals surface area contributed by atoms with Crippen molar-refractivity contribution in [2.45, 2.75) is 40.0 Å². The molecule has 24 heavy (non-hydrogen) atoms. The van der Waals surface area contributed by atoms with Crippen LogP contribution >= 0.6 is 7.49 Å². The fourth-order valence-corrected chi connectivity index (χ4v) is 4.21. The van der Waals surface area contributed by atoms with Crippen molar-refractivity contribution in [3.8, 4) is 0 Å². The molecule has 0 radical (unpaired) electrons. The van der Waals surface area contributed by atoms with Gasteiger partial charge in [0.1, 0.15) is 0 Å². The van der Waals surface area contributed by atoms with E-state index in [9.17, 15) is 0 Å². The Hall–Kier alpha value is -1.03. The molecule has 138 valence electrons. The molecule has 1 rings (SSSR count). The van der Waals surface area contributed by atoms with Gasteiger partial charge in [0.2, 0.25) is 13.5 Å². The highest BCUT2D eigenvalue weighted by Crippen LogP contribution is 2.50. The lowest BCUT2D eigenvalue weighted by molar-refractivity contribution is 0.335. The third-order valence-electron chi connectivity index (χ3n) is 3.83. The van der Waals surface area contributed by atoms with E-state index in [0.29, 0.717) is 0 Å². The van der Waals surface area contributed by atoms with E-state index in [-0.39, 0.29) is 0 Å². The Morgan fingerprint density at radius 2 is 1.38 bits per heavy atom. The zero-order chi connectivity index (χ0) is 17.8.